The summed E-state index contributed by atoms with van der Waals surface area (Å²) >= 11 is 0. The number of carboxylic acids is 1. The molecule has 0 aliphatic carbocycles. The van der Waals surface area contributed by atoms with Crippen LogP contribution in [0.25, 0.3) is 0 Å². The van der Waals surface area contributed by atoms with Gasteiger partial charge in [0.2, 0.25) is 0 Å². The van der Waals surface area contributed by atoms with Crippen LogP contribution in [0, 0.1) is 0 Å². The average molecular weight is 254 g/mol. The van der Waals surface area contributed by atoms with Crippen molar-refractivity contribution < 1.29 is 33.6 Å². The van der Waals surface area contributed by atoms with Crippen LogP contribution in [0.5, 0.6) is 0 Å². The van der Waals surface area contributed by atoms with Crippen LogP contribution in [0.3, 0.4) is 0 Å². The summed E-state index contributed by atoms with van der Waals surface area (Å²) < 4.78 is 0. The van der Waals surface area contributed by atoms with Gasteiger partial charge in [0.05, 0.1) is 5.97 Å². The number of carbonyl (C=O) groups is 2. The maximum Gasteiger partial charge on any atom is 1.00 e. The molecule has 0 unspecified atom stereocenters. The Hall–Kier alpha value is -1.28. The second-order valence-corrected chi connectivity index (χ2v) is 4.46. The molecule has 1 amide bonds. The van der Waals surface area contributed by atoms with Gasteiger partial charge in [-0.2, -0.15) is 0 Å². The first-order valence-electron chi connectivity index (χ1n) is 5.87. The fourth-order valence-electron chi connectivity index (χ4n) is 1.97. The molecule has 1 aromatic rings. The van der Waals surface area contributed by atoms with Gasteiger partial charge in [0.15, 0.2) is 0 Å². The summed E-state index contributed by atoms with van der Waals surface area (Å²) in [6.45, 7) is 3.02. The number of carbonyl (C=O) groups excluding carboxylic acids is 2. The molecule has 0 bridgehead atoms. The Morgan fingerprint density at radius 3 is 2.26 bits per heavy atom. The van der Waals surface area contributed by atoms with Crippen LogP contribution in [-0.2, 0) is 0 Å². The van der Waals surface area contributed by atoms with Crippen molar-refractivity contribution in [2.24, 2.45) is 0 Å². The first-order valence-corrected chi connectivity index (χ1v) is 5.87. The maximum atomic E-state index is 12.2. The van der Waals surface area contributed by atoms with Crippen LogP contribution in [0.4, 0.5) is 0 Å². The third kappa shape index (κ3) is 3.84. The molecule has 6 heteroatoms. The summed E-state index contributed by atoms with van der Waals surface area (Å²) in [5.74, 6) is -1.38. The first-order chi connectivity index (χ1) is 8.58. The largest absolute Gasteiger partial charge is 1.00 e. The van der Waals surface area contributed by atoms with Crippen molar-refractivity contribution in [1.82, 2.24) is 9.80 Å². The molecule has 0 atom stereocenters. The first kappa shape index (κ1) is 15.8. The third-order valence-electron chi connectivity index (χ3n) is 3.14. The molecule has 1 saturated heterocycles. The molecule has 1 aromatic carbocycles. The van der Waals surface area contributed by atoms with E-state index in [1.54, 1.807) is 17.0 Å². The number of carboxylic acid groups (broad SMARTS) is 1. The molecule has 0 radical (unpaired) electrons. The van der Waals surface area contributed by atoms with Gasteiger partial charge in [0.25, 0.3) is 5.91 Å². The average Bonchev–Trinajstić information content (AvgIpc) is 2.39. The Labute approximate surface area is 124 Å². The quantitative estimate of drug-likeness (QED) is 0.512. The van der Waals surface area contributed by atoms with Crippen molar-refractivity contribution in [2.45, 2.75) is 0 Å². The summed E-state index contributed by atoms with van der Waals surface area (Å²) in [5.41, 5.74) is 0.441. The minimum atomic E-state index is -1.26. The Bertz CT molecular complexity index is 471. The minimum Gasteiger partial charge on any atom is -0.545 e. The standard InChI is InChI=1S/C13H16N2O3.Li/c1-14-5-7-15(8-6-14)12(16)10-3-2-4-11(9-10)13(17)18;/h2-4,9H,5-8H2,1H3,(H,17,18);/q;+1/p-1. The van der Waals surface area contributed by atoms with Crippen molar-refractivity contribution in [1.29, 1.82) is 0 Å². The number of likely N-dealkylation sites (N-methyl/N-ethyl adjacent to an activating group) is 1. The van der Waals surface area contributed by atoms with E-state index in [0.29, 0.717) is 18.7 Å². The van der Waals surface area contributed by atoms with Crippen molar-refractivity contribution in [3.8, 4) is 0 Å². The fourth-order valence-corrected chi connectivity index (χ4v) is 1.97. The van der Waals surface area contributed by atoms with E-state index < -0.39 is 5.97 Å². The normalized spacial score (nSPS) is 15.7. The molecular weight excluding hydrogens is 239 g/mol. The van der Waals surface area contributed by atoms with Gasteiger partial charge >= 0.3 is 18.9 Å². The summed E-state index contributed by atoms with van der Waals surface area (Å²) in [5, 5.41) is 10.8. The van der Waals surface area contributed by atoms with E-state index in [0.717, 1.165) is 13.1 Å². The van der Waals surface area contributed by atoms with Gasteiger partial charge in [-0.15, -0.1) is 0 Å². The van der Waals surface area contributed by atoms with Crippen LogP contribution in [0.2, 0.25) is 0 Å². The van der Waals surface area contributed by atoms with E-state index in [-0.39, 0.29) is 30.3 Å². The summed E-state index contributed by atoms with van der Waals surface area (Å²) in [6.07, 6.45) is 0. The molecule has 0 saturated carbocycles. The van der Waals surface area contributed by atoms with Gasteiger partial charge < -0.3 is 19.7 Å². The van der Waals surface area contributed by atoms with Gasteiger partial charge in [0.1, 0.15) is 0 Å². The molecule has 1 fully saturated rings. The summed E-state index contributed by atoms with van der Waals surface area (Å²) in [4.78, 5) is 26.8. The van der Waals surface area contributed by atoms with E-state index in [2.05, 4.69) is 4.90 Å². The van der Waals surface area contributed by atoms with Crippen LogP contribution in [0.15, 0.2) is 24.3 Å². The molecule has 2 rings (SSSR count). The maximum absolute atomic E-state index is 12.2. The smallest absolute Gasteiger partial charge is 0.545 e. The van der Waals surface area contributed by atoms with Gasteiger partial charge in [-0.25, -0.2) is 0 Å². The predicted molar refractivity (Wildman–Crippen MR) is 64.2 cm³/mol. The Kier molecular flexibility index (Phi) is 5.61. The van der Waals surface area contributed by atoms with Gasteiger partial charge in [-0.05, 0) is 24.7 Å². The van der Waals surface area contributed by atoms with Crippen molar-refractivity contribution in [3.05, 3.63) is 35.4 Å². The number of benzene rings is 1. The van der Waals surface area contributed by atoms with Crippen LogP contribution in [0.1, 0.15) is 20.7 Å². The zero-order valence-electron chi connectivity index (χ0n) is 11.3. The molecule has 1 aliphatic heterocycles. The Morgan fingerprint density at radius 2 is 1.68 bits per heavy atom. The van der Waals surface area contributed by atoms with Crippen molar-refractivity contribution >= 4 is 11.9 Å². The Morgan fingerprint density at radius 1 is 1.11 bits per heavy atom. The fraction of sp³-hybridized carbons (Fsp3) is 0.385. The van der Waals surface area contributed by atoms with Gasteiger partial charge in [-0.3, -0.25) is 4.79 Å². The second-order valence-electron chi connectivity index (χ2n) is 4.46. The SMILES string of the molecule is CN1CCN(C(=O)c2cccc(C(=O)[O-])c2)CC1.[Li+]. The number of hydrogen-bond acceptors (Lipinski definition) is 4. The molecular formula is C13H15LiN2O3. The van der Waals surface area contributed by atoms with Crippen LogP contribution >= 0.6 is 0 Å². The molecule has 1 aliphatic rings. The van der Waals surface area contributed by atoms with E-state index in [9.17, 15) is 14.7 Å². The topological polar surface area (TPSA) is 63.7 Å². The van der Waals surface area contributed by atoms with E-state index in [1.165, 1.54) is 12.1 Å². The number of aromatic carboxylic acids is 1. The van der Waals surface area contributed by atoms with Gasteiger partial charge in [-0.1, -0.05) is 12.1 Å². The van der Waals surface area contributed by atoms with E-state index >= 15 is 0 Å². The summed E-state index contributed by atoms with van der Waals surface area (Å²) in [7, 11) is 2.01. The van der Waals surface area contributed by atoms with Crippen molar-refractivity contribution in [2.75, 3.05) is 33.2 Å². The summed E-state index contributed by atoms with van der Waals surface area (Å²) in [6, 6.07) is 5.99. The molecule has 0 N–H and O–H groups in total. The Balaban J connectivity index is 0.00000180. The van der Waals surface area contributed by atoms with Gasteiger partial charge in [0, 0.05) is 31.7 Å². The zero-order valence-corrected chi connectivity index (χ0v) is 11.3. The molecule has 0 spiro atoms. The monoisotopic (exact) mass is 254 g/mol. The second kappa shape index (κ2) is 6.76. The molecule has 0 aromatic heterocycles. The van der Waals surface area contributed by atoms with E-state index in [4.69, 9.17) is 0 Å². The molecule has 1 heterocycles. The molecule has 5 nitrogen and oxygen atoms in total. The molecule has 96 valence electrons. The number of amides is 1. The third-order valence-corrected chi connectivity index (χ3v) is 3.14. The predicted octanol–water partition coefficient (Wildman–Crippen LogP) is -3.56. The van der Waals surface area contributed by atoms with Crippen LogP contribution in [-0.4, -0.2) is 54.9 Å². The molecule has 19 heavy (non-hydrogen) atoms. The number of rotatable bonds is 2. The zero-order chi connectivity index (χ0) is 13.1. The van der Waals surface area contributed by atoms with Crippen molar-refractivity contribution in [3.63, 3.8) is 0 Å². The van der Waals surface area contributed by atoms with Crippen LogP contribution < -0.4 is 24.0 Å². The number of hydrogen-bond donors (Lipinski definition) is 0. The minimum absolute atomic E-state index is 0. The number of piperazine rings is 1. The van der Waals surface area contributed by atoms with E-state index in [1.807, 2.05) is 7.05 Å². The number of nitrogens with zero attached hydrogens (tertiary/aromatic N) is 2.